The van der Waals surface area contributed by atoms with Gasteiger partial charge in [0.25, 0.3) is 0 Å². The molecule has 0 atom stereocenters. The van der Waals surface area contributed by atoms with Gasteiger partial charge in [-0.05, 0) is 97.4 Å². The van der Waals surface area contributed by atoms with Crippen LogP contribution < -0.4 is 4.90 Å². The SMILES string of the molecule is c1ccc(N(c2ccc(-c3cccc4c3ccc3ccc5ccccc5c34)cc2)c2cccc3cc4c(cc23)oc2ccccc24)cc1. The fraction of sp³-hybridized carbons (Fsp3) is 0. The second kappa shape index (κ2) is 10.6. The predicted octanol–water partition coefficient (Wildman–Crippen LogP) is 13.3. The van der Waals surface area contributed by atoms with E-state index in [1.807, 2.05) is 12.1 Å². The van der Waals surface area contributed by atoms with Crippen LogP contribution in [0.15, 0.2) is 180 Å². The lowest BCUT2D eigenvalue weighted by molar-refractivity contribution is 0.669. The molecule has 1 heterocycles. The van der Waals surface area contributed by atoms with Crippen molar-refractivity contribution in [3.8, 4) is 11.1 Å². The topological polar surface area (TPSA) is 16.4 Å². The summed E-state index contributed by atoms with van der Waals surface area (Å²) in [4.78, 5) is 2.35. The van der Waals surface area contributed by atoms with Crippen LogP contribution in [0.5, 0.6) is 0 Å². The Hall–Kier alpha value is -6.38. The molecule has 0 aliphatic carbocycles. The van der Waals surface area contributed by atoms with E-state index in [0.29, 0.717) is 0 Å². The van der Waals surface area contributed by atoms with E-state index in [2.05, 4.69) is 169 Å². The van der Waals surface area contributed by atoms with E-state index in [4.69, 9.17) is 4.42 Å². The Morgan fingerprint density at radius 2 is 1.04 bits per heavy atom. The smallest absolute Gasteiger partial charge is 0.136 e. The first-order chi connectivity index (χ1) is 23.8. The van der Waals surface area contributed by atoms with E-state index < -0.39 is 0 Å². The highest BCUT2D eigenvalue weighted by Crippen LogP contribution is 2.43. The monoisotopic (exact) mass is 611 g/mol. The van der Waals surface area contributed by atoms with E-state index in [0.717, 1.165) is 44.4 Å². The van der Waals surface area contributed by atoms with Crippen LogP contribution in [0, 0.1) is 0 Å². The van der Waals surface area contributed by atoms with E-state index >= 15 is 0 Å². The van der Waals surface area contributed by atoms with Crippen molar-refractivity contribution >= 4 is 82.1 Å². The van der Waals surface area contributed by atoms with Crippen LogP contribution in [-0.2, 0) is 0 Å². The van der Waals surface area contributed by atoms with Crippen molar-refractivity contribution in [3.05, 3.63) is 176 Å². The number of benzene rings is 9. The van der Waals surface area contributed by atoms with E-state index in [1.165, 1.54) is 48.8 Å². The van der Waals surface area contributed by atoms with Crippen molar-refractivity contribution in [3.63, 3.8) is 0 Å². The molecule has 2 nitrogen and oxygen atoms in total. The Morgan fingerprint density at radius 1 is 0.354 bits per heavy atom. The van der Waals surface area contributed by atoms with Gasteiger partial charge in [-0.3, -0.25) is 0 Å². The van der Waals surface area contributed by atoms with Gasteiger partial charge in [-0.1, -0.05) is 127 Å². The van der Waals surface area contributed by atoms with Crippen molar-refractivity contribution in [2.45, 2.75) is 0 Å². The summed E-state index contributed by atoms with van der Waals surface area (Å²) in [7, 11) is 0. The molecule has 1 aromatic heterocycles. The molecule has 224 valence electrons. The van der Waals surface area contributed by atoms with Crippen LogP contribution in [0.1, 0.15) is 0 Å². The molecule has 0 amide bonds. The molecular formula is C46H29NO. The van der Waals surface area contributed by atoms with Crippen LogP contribution in [0.25, 0.3) is 76.2 Å². The third-order valence-corrected chi connectivity index (χ3v) is 9.81. The first kappa shape index (κ1) is 26.8. The predicted molar refractivity (Wildman–Crippen MR) is 204 cm³/mol. The van der Waals surface area contributed by atoms with Gasteiger partial charge in [0.15, 0.2) is 0 Å². The summed E-state index contributed by atoms with van der Waals surface area (Å²) < 4.78 is 6.34. The minimum atomic E-state index is 0.899. The molecular weight excluding hydrogens is 583 g/mol. The average Bonchev–Trinajstić information content (AvgIpc) is 3.52. The van der Waals surface area contributed by atoms with Gasteiger partial charge < -0.3 is 9.32 Å². The zero-order valence-corrected chi connectivity index (χ0v) is 26.1. The fourth-order valence-electron chi connectivity index (χ4n) is 7.59. The molecule has 0 N–H and O–H groups in total. The van der Waals surface area contributed by atoms with E-state index in [1.54, 1.807) is 0 Å². The molecule has 0 saturated carbocycles. The van der Waals surface area contributed by atoms with Crippen LogP contribution in [0.4, 0.5) is 17.1 Å². The highest BCUT2D eigenvalue weighted by molar-refractivity contribution is 6.22. The lowest BCUT2D eigenvalue weighted by Crippen LogP contribution is -2.10. The molecule has 0 saturated heterocycles. The molecule has 0 aliphatic rings. The zero-order chi connectivity index (χ0) is 31.6. The lowest BCUT2D eigenvalue weighted by atomic mass is 9.92. The Labute approximate surface area is 277 Å². The number of hydrogen-bond acceptors (Lipinski definition) is 2. The van der Waals surface area contributed by atoms with Crippen LogP contribution in [-0.4, -0.2) is 0 Å². The van der Waals surface area contributed by atoms with Gasteiger partial charge in [-0.25, -0.2) is 0 Å². The highest BCUT2D eigenvalue weighted by Gasteiger charge is 2.18. The summed E-state index contributed by atoms with van der Waals surface area (Å²) in [6.07, 6.45) is 0. The van der Waals surface area contributed by atoms with E-state index in [9.17, 15) is 0 Å². The third-order valence-electron chi connectivity index (χ3n) is 9.81. The van der Waals surface area contributed by atoms with Crippen molar-refractivity contribution in [2.24, 2.45) is 0 Å². The molecule has 0 spiro atoms. The zero-order valence-electron chi connectivity index (χ0n) is 26.1. The molecule has 0 fully saturated rings. The number of anilines is 3. The lowest BCUT2D eigenvalue weighted by Gasteiger charge is -2.27. The molecule has 10 rings (SSSR count). The Kier molecular flexibility index (Phi) is 5.91. The third kappa shape index (κ3) is 4.13. The summed E-state index contributed by atoms with van der Waals surface area (Å²) >= 11 is 0. The van der Waals surface area contributed by atoms with Crippen molar-refractivity contribution in [1.82, 2.24) is 0 Å². The number of fused-ring (bicyclic) bond motifs is 9. The second-order valence-corrected chi connectivity index (χ2v) is 12.5. The van der Waals surface area contributed by atoms with E-state index in [-0.39, 0.29) is 0 Å². The van der Waals surface area contributed by atoms with Gasteiger partial charge in [-0.15, -0.1) is 0 Å². The molecule has 0 unspecified atom stereocenters. The molecule has 10 aromatic rings. The van der Waals surface area contributed by atoms with Crippen molar-refractivity contribution in [1.29, 1.82) is 0 Å². The molecule has 0 radical (unpaired) electrons. The summed E-state index contributed by atoms with van der Waals surface area (Å²) in [5.74, 6) is 0. The Morgan fingerprint density at radius 3 is 1.94 bits per heavy atom. The Bertz CT molecular complexity index is 2830. The van der Waals surface area contributed by atoms with Gasteiger partial charge in [0.2, 0.25) is 0 Å². The van der Waals surface area contributed by atoms with Crippen molar-refractivity contribution in [2.75, 3.05) is 4.90 Å². The second-order valence-electron chi connectivity index (χ2n) is 12.5. The number of hydrogen-bond donors (Lipinski definition) is 0. The minimum Gasteiger partial charge on any atom is -0.456 e. The highest BCUT2D eigenvalue weighted by atomic mass is 16.3. The molecule has 9 aromatic carbocycles. The summed E-state index contributed by atoms with van der Waals surface area (Å²) in [5.41, 5.74) is 7.55. The first-order valence-electron chi connectivity index (χ1n) is 16.4. The van der Waals surface area contributed by atoms with Gasteiger partial charge in [-0.2, -0.15) is 0 Å². The summed E-state index contributed by atoms with van der Waals surface area (Å²) in [6.45, 7) is 0. The molecule has 0 aliphatic heterocycles. The first-order valence-corrected chi connectivity index (χ1v) is 16.4. The van der Waals surface area contributed by atoms with Gasteiger partial charge in [0.05, 0.1) is 5.69 Å². The quantitative estimate of drug-likeness (QED) is 0.184. The van der Waals surface area contributed by atoms with Crippen molar-refractivity contribution < 1.29 is 4.42 Å². The Balaban J connectivity index is 1.13. The maximum absolute atomic E-state index is 6.34. The maximum atomic E-state index is 6.34. The number of furan rings is 1. The standard InChI is InChI=1S/C46H29NO/c1-2-12-34(13-3-1)47(43-18-8-11-33-28-42-39-15-6-7-19-44(39)48-45(42)29-41(33)43)35-25-22-31(23-26-35)36-16-9-17-40-38(36)27-24-32-21-20-30-10-4-5-14-37(30)46(32)40/h1-29H. The molecule has 48 heavy (non-hydrogen) atoms. The van der Waals surface area contributed by atoms with Crippen LogP contribution in [0.2, 0.25) is 0 Å². The van der Waals surface area contributed by atoms with Crippen LogP contribution in [0.3, 0.4) is 0 Å². The van der Waals surface area contributed by atoms with Gasteiger partial charge in [0.1, 0.15) is 11.2 Å². The number of para-hydroxylation sites is 2. The van der Waals surface area contributed by atoms with Gasteiger partial charge in [0, 0.05) is 27.5 Å². The van der Waals surface area contributed by atoms with Crippen LogP contribution >= 0.6 is 0 Å². The molecule has 0 bridgehead atoms. The van der Waals surface area contributed by atoms with Gasteiger partial charge >= 0.3 is 0 Å². The maximum Gasteiger partial charge on any atom is 0.136 e. The largest absolute Gasteiger partial charge is 0.456 e. The minimum absolute atomic E-state index is 0.899. The number of rotatable bonds is 4. The average molecular weight is 612 g/mol. The molecule has 2 heteroatoms. The normalized spacial score (nSPS) is 11.8. The number of nitrogens with zero attached hydrogens (tertiary/aromatic N) is 1. The summed E-state index contributed by atoms with van der Waals surface area (Å²) in [6, 6.07) is 63.3. The summed E-state index contributed by atoms with van der Waals surface area (Å²) in [5, 5.41) is 12.3. The fourth-order valence-corrected chi connectivity index (χ4v) is 7.59.